The number of aryl methyl sites for hydroxylation is 1. The van der Waals surface area contributed by atoms with Crippen molar-refractivity contribution in [1.82, 2.24) is 5.32 Å². The Balaban J connectivity index is 1.73. The normalized spacial score (nSPS) is 10.7. The molecular weight excluding hydrogens is 318 g/mol. The Kier molecular flexibility index (Phi) is 7.19. The van der Waals surface area contributed by atoms with Crippen molar-refractivity contribution in [2.45, 2.75) is 39.2 Å². The van der Waals surface area contributed by atoms with Crippen LogP contribution in [-0.4, -0.2) is 17.8 Å². The molecule has 2 aromatic rings. The molecule has 0 aliphatic rings. The zero-order valence-corrected chi connectivity index (χ0v) is 15.4. The molecule has 0 bridgehead atoms. The second-order valence-corrected chi connectivity index (χ2v) is 7.06. The molecule has 24 heavy (non-hydrogen) atoms. The first-order chi connectivity index (χ1) is 11.5. The highest BCUT2D eigenvalue weighted by atomic mass is 32.2. The molecule has 2 aromatic carbocycles. The van der Waals surface area contributed by atoms with Crippen LogP contribution in [-0.2, 0) is 17.1 Å². The number of nitrogens with one attached hydrogen (secondary N) is 1. The van der Waals surface area contributed by atoms with Gasteiger partial charge in [0.15, 0.2) is 0 Å². The fourth-order valence-corrected chi connectivity index (χ4v) is 3.12. The van der Waals surface area contributed by atoms with Crippen molar-refractivity contribution in [3.63, 3.8) is 0 Å². The second kappa shape index (κ2) is 9.38. The van der Waals surface area contributed by atoms with Gasteiger partial charge in [0.1, 0.15) is 5.75 Å². The molecule has 0 radical (unpaired) electrons. The summed E-state index contributed by atoms with van der Waals surface area (Å²) in [5.41, 5.74) is 3.55. The smallest absolute Gasteiger partial charge is 0.230 e. The Morgan fingerprint density at radius 1 is 1.12 bits per heavy atom. The zero-order valence-electron chi connectivity index (χ0n) is 14.5. The first-order valence-electron chi connectivity index (χ1n) is 8.18. The lowest BCUT2D eigenvalue weighted by Crippen LogP contribution is -2.24. The summed E-state index contributed by atoms with van der Waals surface area (Å²) >= 11 is 1.63. The van der Waals surface area contributed by atoms with E-state index in [2.05, 4.69) is 36.5 Å². The summed E-state index contributed by atoms with van der Waals surface area (Å²) in [6.07, 6.45) is 0.146. The summed E-state index contributed by atoms with van der Waals surface area (Å²) in [6.45, 7) is 6.61. The van der Waals surface area contributed by atoms with Crippen LogP contribution < -0.4 is 10.1 Å². The standard InChI is InChI=1S/C20H25NO2S/c1-15(2)23-19-9-5-7-17(11-19)12-21-20(22)14-24-13-18-8-4-6-16(3)10-18/h4-11,15H,12-14H2,1-3H3,(H,21,22). The van der Waals surface area contributed by atoms with Crippen molar-refractivity contribution in [2.24, 2.45) is 0 Å². The topological polar surface area (TPSA) is 38.3 Å². The lowest BCUT2D eigenvalue weighted by molar-refractivity contribution is -0.118. The Morgan fingerprint density at radius 2 is 1.88 bits per heavy atom. The van der Waals surface area contributed by atoms with Gasteiger partial charge in [-0.15, -0.1) is 11.8 Å². The average Bonchev–Trinajstić information content (AvgIpc) is 2.53. The van der Waals surface area contributed by atoms with E-state index in [1.54, 1.807) is 11.8 Å². The molecule has 0 saturated carbocycles. The van der Waals surface area contributed by atoms with Crippen molar-refractivity contribution >= 4 is 17.7 Å². The van der Waals surface area contributed by atoms with E-state index < -0.39 is 0 Å². The van der Waals surface area contributed by atoms with Gasteiger partial charge in [-0.2, -0.15) is 0 Å². The van der Waals surface area contributed by atoms with Crippen LogP contribution in [0.2, 0.25) is 0 Å². The predicted octanol–water partition coefficient (Wildman–Crippen LogP) is 4.33. The highest BCUT2D eigenvalue weighted by molar-refractivity contribution is 7.99. The van der Waals surface area contributed by atoms with E-state index in [1.165, 1.54) is 11.1 Å². The molecule has 3 nitrogen and oxygen atoms in total. The van der Waals surface area contributed by atoms with Crippen LogP contribution in [0.5, 0.6) is 5.75 Å². The van der Waals surface area contributed by atoms with Gasteiger partial charge >= 0.3 is 0 Å². The fraction of sp³-hybridized carbons (Fsp3) is 0.350. The van der Waals surface area contributed by atoms with Crippen molar-refractivity contribution in [1.29, 1.82) is 0 Å². The first kappa shape index (κ1) is 18.4. The van der Waals surface area contributed by atoms with Crippen molar-refractivity contribution in [3.8, 4) is 5.75 Å². The van der Waals surface area contributed by atoms with E-state index in [9.17, 15) is 4.79 Å². The van der Waals surface area contributed by atoms with Gasteiger partial charge in [0.2, 0.25) is 5.91 Å². The van der Waals surface area contributed by atoms with Crippen molar-refractivity contribution < 1.29 is 9.53 Å². The Labute approximate surface area is 148 Å². The minimum absolute atomic E-state index is 0.0582. The van der Waals surface area contributed by atoms with Crippen LogP contribution in [0.25, 0.3) is 0 Å². The van der Waals surface area contributed by atoms with E-state index in [0.29, 0.717) is 12.3 Å². The maximum absolute atomic E-state index is 12.0. The molecule has 0 aromatic heterocycles. The van der Waals surface area contributed by atoms with E-state index in [4.69, 9.17) is 4.74 Å². The van der Waals surface area contributed by atoms with Gasteiger partial charge in [0.25, 0.3) is 0 Å². The highest BCUT2D eigenvalue weighted by Gasteiger charge is 2.04. The SMILES string of the molecule is Cc1cccc(CSCC(=O)NCc2cccc(OC(C)C)c2)c1. The number of ether oxygens (including phenoxy) is 1. The molecule has 0 atom stereocenters. The molecule has 0 unspecified atom stereocenters. The van der Waals surface area contributed by atoms with Crippen LogP contribution in [0, 0.1) is 6.92 Å². The maximum Gasteiger partial charge on any atom is 0.230 e. The van der Waals surface area contributed by atoms with E-state index >= 15 is 0 Å². The first-order valence-corrected chi connectivity index (χ1v) is 9.34. The monoisotopic (exact) mass is 343 g/mol. The van der Waals surface area contributed by atoms with Gasteiger partial charge in [0, 0.05) is 12.3 Å². The third kappa shape index (κ3) is 6.67. The van der Waals surface area contributed by atoms with Crippen molar-refractivity contribution in [3.05, 3.63) is 65.2 Å². The van der Waals surface area contributed by atoms with Crippen LogP contribution in [0.4, 0.5) is 0 Å². The van der Waals surface area contributed by atoms with Crippen LogP contribution in [0.1, 0.15) is 30.5 Å². The van der Waals surface area contributed by atoms with Gasteiger partial charge in [-0.25, -0.2) is 0 Å². The molecule has 1 amide bonds. The van der Waals surface area contributed by atoms with Crippen molar-refractivity contribution in [2.75, 3.05) is 5.75 Å². The fourth-order valence-electron chi connectivity index (χ4n) is 2.32. The molecule has 0 saturated heterocycles. The van der Waals surface area contributed by atoms with Gasteiger partial charge < -0.3 is 10.1 Å². The molecule has 0 heterocycles. The molecule has 0 aliphatic heterocycles. The van der Waals surface area contributed by atoms with Gasteiger partial charge in [0.05, 0.1) is 11.9 Å². The molecule has 2 rings (SSSR count). The number of rotatable bonds is 8. The lowest BCUT2D eigenvalue weighted by Gasteiger charge is -2.11. The molecule has 128 valence electrons. The molecule has 0 spiro atoms. The summed E-state index contributed by atoms with van der Waals surface area (Å²) in [7, 11) is 0. The number of hydrogen-bond acceptors (Lipinski definition) is 3. The number of benzene rings is 2. The zero-order chi connectivity index (χ0) is 17.4. The van der Waals surface area contributed by atoms with Crippen LogP contribution in [0.15, 0.2) is 48.5 Å². The Hall–Kier alpha value is -1.94. The minimum atomic E-state index is 0.0582. The minimum Gasteiger partial charge on any atom is -0.491 e. The number of thioether (sulfide) groups is 1. The molecular formula is C20H25NO2S. The second-order valence-electron chi connectivity index (χ2n) is 6.07. The van der Waals surface area contributed by atoms with E-state index in [-0.39, 0.29) is 12.0 Å². The molecule has 1 N–H and O–H groups in total. The molecule has 0 fully saturated rings. The number of amides is 1. The van der Waals surface area contributed by atoms with Gasteiger partial charge in [-0.3, -0.25) is 4.79 Å². The largest absolute Gasteiger partial charge is 0.491 e. The van der Waals surface area contributed by atoms with Gasteiger partial charge in [-0.05, 0) is 44.0 Å². The third-order valence-electron chi connectivity index (χ3n) is 3.34. The number of carbonyl (C=O) groups is 1. The molecule has 4 heteroatoms. The van der Waals surface area contributed by atoms with E-state index in [0.717, 1.165) is 17.1 Å². The number of hydrogen-bond donors (Lipinski definition) is 1. The summed E-state index contributed by atoms with van der Waals surface area (Å²) in [5, 5.41) is 2.96. The average molecular weight is 343 g/mol. The summed E-state index contributed by atoms with van der Waals surface area (Å²) < 4.78 is 5.67. The number of carbonyl (C=O) groups excluding carboxylic acids is 1. The predicted molar refractivity (Wildman–Crippen MR) is 101 cm³/mol. The lowest BCUT2D eigenvalue weighted by atomic mass is 10.2. The van der Waals surface area contributed by atoms with Crippen LogP contribution in [0.3, 0.4) is 0 Å². The van der Waals surface area contributed by atoms with Crippen LogP contribution >= 0.6 is 11.8 Å². The maximum atomic E-state index is 12.0. The third-order valence-corrected chi connectivity index (χ3v) is 4.35. The Morgan fingerprint density at radius 3 is 2.62 bits per heavy atom. The van der Waals surface area contributed by atoms with Gasteiger partial charge in [-0.1, -0.05) is 42.0 Å². The molecule has 0 aliphatic carbocycles. The summed E-state index contributed by atoms with van der Waals surface area (Å²) in [5.74, 6) is 2.22. The highest BCUT2D eigenvalue weighted by Crippen LogP contribution is 2.15. The quantitative estimate of drug-likeness (QED) is 0.775. The summed E-state index contributed by atoms with van der Waals surface area (Å²) in [6, 6.07) is 16.2. The van der Waals surface area contributed by atoms with E-state index in [1.807, 2.05) is 38.1 Å². The summed E-state index contributed by atoms with van der Waals surface area (Å²) in [4.78, 5) is 12.0. The Bertz CT molecular complexity index is 670.